The zero-order valence-electron chi connectivity index (χ0n) is 16.4. The van der Waals surface area contributed by atoms with Gasteiger partial charge in [-0.3, -0.25) is 9.79 Å². The molecule has 1 aromatic rings. The van der Waals surface area contributed by atoms with E-state index in [9.17, 15) is 4.79 Å². The average Bonchev–Trinajstić information content (AvgIpc) is 3.08. The van der Waals surface area contributed by atoms with E-state index in [2.05, 4.69) is 20.5 Å². The molecule has 27 heavy (non-hydrogen) atoms. The number of hydrogen-bond acceptors (Lipinski definition) is 5. The van der Waals surface area contributed by atoms with Crippen molar-refractivity contribution in [3.05, 3.63) is 23.2 Å². The minimum atomic E-state index is -0.215. The lowest BCUT2D eigenvalue weighted by Crippen LogP contribution is -2.45. The molecule has 0 spiro atoms. The number of carbonyl (C=O) groups is 1. The Morgan fingerprint density at radius 2 is 2.22 bits per heavy atom. The van der Waals surface area contributed by atoms with E-state index in [1.54, 1.807) is 14.2 Å². The first-order valence-electron chi connectivity index (χ1n) is 9.18. The van der Waals surface area contributed by atoms with Gasteiger partial charge in [-0.05, 0) is 38.5 Å². The van der Waals surface area contributed by atoms with Crippen LogP contribution in [0.15, 0.2) is 23.2 Å². The van der Waals surface area contributed by atoms with Gasteiger partial charge in [0.2, 0.25) is 0 Å². The van der Waals surface area contributed by atoms with Gasteiger partial charge in [0.05, 0.1) is 25.3 Å². The van der Waals surface area contributed by atoms with Crippen molar-refractivity contribution in [2.75, 3.05) is 38.7 Å². The molecule has 0 radical (unpaired) electrons. The second kappa shape index (κ2) is 10.3. The van der Waals surface area contributed by atoms with Crippen molar-refractivity contribution in [2.45, 2.75) is 38.8 Å². The second-order valence-electron chi connectivity index (χ2n) is 6.68. The van der Waals surface area contributed by atoms with Crippen LogP contribution in [0.3, 0.4) is 0 Å². The third kappa shape index (κ3) is 6.50. The smallest absolute Gasteiger partial charge is 0.307 e. The SMILES string of the molecule is CN=C(NCCC(=O)OC(C)C)NC1CCN(c2cc(Cl)ccc2OC)C1. The van der Waals surface area contributed by atoms with Crippen LogP contribution in [0, 0.1) is 0 Å². The molecule has 8 heteroatoms. The molecule has 1 unspecified atom stereocenters. The zero-order valence-corrected chi connectivity index (χ0v) is 17.2. The van der Waals surface area contributed by atoms with Crippen molar-refractivity contribution >= 4 is 29.2 Å². The number of guanidine groups is 1. The van der Waals surface area contributed by atoms with E-state index in [0.29, 0.717) is 23.9 Å². The molecule has 0 aromatic heterocycles. The fourth-order valence-corrected chi connectivity index (χ4v) is 3.17. The quantitative estimate of drug-likeness (QED) is 0.419. The van der Waals surface area contributed by atoms with Crippen molar-refractivity contribution in [3.63, 3.8) is 0 Å². The van der Waals surface area contributed by atoms with Crippen LogP contribution in [0.2, 0.25) is 5.02 Å². The van der Waals surface area contributed by atoms with Crippen molar-refractivity contribution in [2.24, 2.45) is 4.99 Å². The number of esters is 1. The predicted molar refractivity (Wildman–Crippen MR) is 109 cm³/mol. The summed E-state index contributed by atoms with van der Waals surface area (Å²) >= 11 is 6.14. The number of nitrogens with one attached hydrogen (secondary N) is 2. The highest BCUT2D eigenvalue weighted by Crippen LogP contribution is 2.33. The first kappa shape index (κ1) is 21.2. The Morgan fingerprint density at radius 3 is 2.89 bits per heavy atom. The molecule has 1 fully saturated rings. The van der Waals surface area contributed by atoms with Crippen LogP contribution in [0.1, 0.15) is 26.7 Å². The van der Waals surface area contributed by atoms with Crippen LogP contribution in [0.4, 0.5) is 5.69 Å². The minimum absolute atomic E-state index is 0.0945. The molecule has 0 saturated carbocycles. The van der Waals surface area contributed by atoms with Gasteiger partial charge in [-0.15, -0.1) is 0 Å². The lowest BCUT2D eigenvalue weighted by Gasteiger charge is -2.22. The summed E-state index contributed by atoms with van der Waals surface area (Å²) in [6.07, 6.45) is 1.17. The maximum atomic E-state index is 11.6. The first-order valence-corrected chi connectivity index (χ1v) is 9.56. The maximum absolute atomic E-state index is 11.6. The number of benzene rings is 1. The zero-order chi connectivity index (χ0) is 19.8. The Bertz CT molecular complexity index is 666. The fraction of sp³-hybridized carbons (Fsp3) is 0.579. The van der Waals surface area contributed by atoms with E-state index in [1.165, 1.54) is 0 Å². The van der Waals surface area contributed by atoms with Crippen LogP contribution in [-0.4, -0.2) is 57.9 Å². The van der Waals surface area contributed by atoms with Gasteiger partial charge in [-0.2, -0.15) is 0 Å². The van der Waals surface area contributed by atoms with E-state index in [-0.39, 0.29) is 18.1 Å². The molecule has 2 N–H and O–H groups in total. The summed E-state index contributed by atoms with van der Waals surface area (Å²) in [5, 5.41) is 7.25. The lowest BCUT2D eigenvalue weighted by atomic mass is 10.2. The highest BCUT2D eigenvalue weighted by molar-refractivity contribution is 6.30. The van der Waals surface area contributed by atoms with Gasteiger partial charge in [0.1, 0.15) is 5.75 Å². The summed E-state index contributed by atoms with van der Waals surface area (Å²) in [5.41, 5.74) is 0.994. The summed E-state index contributed by atoms with van der Waals surface area (Å²) in [6, 6.07) is 5.87. The lowest BCUT2D eigenvalue weighted by molar-refractivity contribution is -0.147. The van der Waals surface area contributed by atoms with Crippen LogP contribution < -0.4 is 20.3 Å². The fourth-order valence-electron chi connectivity index (χ4n) is 3.00. The molecule has 1 aliphatic heterocycles. The molecule has 7 nitrogen and oxygen atoms in total. The monoisotopic (exact) mass is 396 g/mol. The number of ether oxygens (including phenoxy) is 2. The number of anilines is 1. The molecule has 0 aliphatic carbocycles. The number of nitrogens with zero attached hydrogens (tertiary/aromatic N) is 2. The summed E-state index contributed by atoms with van der Waals surface area (Å²) < 4.78 is 10.6. The van der Waals surface area contributed by atoms with Crippen LogP contribution in [0.5, 0.6) is 5.75 Å². The molecule has 0 bridgehead atoms. The maximum Gasteiger partial charge on any atom is 0.307 e. The van der Waals surface area contributed by atoms with Crippen molar-refractivity contribution in [1.29, 1.82) is 0 Å². The molecular formula is C19H29ClN4O3. The molecule has 1 aromatic carbocycles. The molecular weight excluding hydrogens is 368 g/mol. The van der Waals surface area contributed by atoms with Gasteiger partial charge in [-0.25, -0.2) is 0 Å². The van der Waals surface area contributed by atoms with Gasteiger partial charge in [0.25, 0.3) is 0 Å². The Hall–Kier alpha value is -2.15. The van der Waals surface area contributed by atoms with Crippen LogP contribution in [0.25, 0.3) is 0 Å². The number of rotatable bonds is 7. The molecule has 0 amide bonds. The Kier molecular flexibility index (Phi) is 8.03. The normalized spacial score (nSPS) is 17.2. The summed E-state index contributed by atoms with van der Waals surface area (Å²) in [5.74, 6) is 1.27. The Labute approximate surface area is 166 Å². The van der Waals surface area contributed by atoms with E-state index >= 15 is 0 Å². The Balaban J connectivity index is 1.84. The van der Waals surface area contributed by atoms with Crippen molar-refractivity contribution < 1.29 is 14.3 Å². The van der Waals surface area contributed by atoms with E-state index in [4.69, 9.17) is 21.1 Å². The summed E-state index contributed by atoms with van der Waals surface area (Å²) in [7, 11) is 3.38. The number of carbonyl (C=O) groups excluding carboxylic acids is 1. The molecule has 1 saturated heterocycles. The number of hydrogen-bond donors (Lipinski definition) is 2. The van der Waals surface area contributed by atoms with Gasteiger partial charge < -0.3 is 25.0 Å². The van der Waals surface area contributed by atoms with Crippen LogP contribution in [-0.2, 0) is 9.53 Å². The predicted octanol–water partition coefficient (Wildman–Crippen LogP) is 2.43. The average molecular weight is 397 g/mol. The van der Waals surface area contributed by atoms with Gasteiger partial charge >= 0.3 is 5.97 Å². The third-order valence-corrected chi connectivity index (χ3v) is 4.46. The van der Waals surface area contributed by atoms with E-state index < -0.39 is 0 Å². The minimum Gasteiger partial charge on any atom is -0.495 e. The standard InChI is InChI=1S/C19H29ClN4O3/c1-13(2)27-18(25)7-9-22-19(21-3)23-15-8-10-24(12-15)16-11-14(20)5-6-17(16)26-4/h5-6,11,13,15H,7-10,12H2,1-4H3,(H2,21,22,23). The highest BCUT2D eigenvalue weighted by Gasteiger charge is 2.25. The molecule has 150 valence electrons. The number of halogens is 1. The van der Waals surface area contributed by atoms with E-state index in [0.717, 1.165) is 30.9 Å². The second-order valence-corrected chi connectivity index (χ2v) is 7.12. The molecule has 2 rings (SSSR count). The van der Waals surface area contributed by atoms with Gasteiger partial charge in [0.15, 0.2) is 5.96 Å². The summed E-state index contributed by atoms with van der Waals surface area (Å²) in [4.78, 5) is 18.1. The summed E-state index contributed by atoms with van der Waals surface area (Å²) in [6.45, 7) is 5.86. The van der Waals surface area contributed by atoms with Gasteiger partial charge in [-0.1, -0.05) is 11.6 Å². The highest BCUT2D eigenvalue weighted by atomic mass is 35.5. The van der Waals surface area contributed by atoms with Crippen molar-refractivity contribution in [1.82, 2.24) is 10.6 Å². The largest absolute Gasteiger partial charge is 0.495 e. The van der Waals surface area contributed by atoms with E-state index in [1.807, 2.05) is 32.0 Å². The molecule has 1 atom stereocenters. The number of methoxy groups -OCH3 is 1. The molecule has 1 aliphatic rings. The van der Waals surface area contributed by atoms with Gasteiger partial charge in [0, 0.05) is 37.7 Å². The Morgan fingerprint density at radius 1 is 1.44 bits per heavy atom. The first-order chi connectivity index (χ1) is 12.9. The number of aliphatic imine (C=N–C) groups is 1. The third-order valence-electron chi connectivity index (χ3n) is 4.22. The van der Waals surface area contributed by atoms with Crippen molar-refractivity contribution in [3.8, 4) is 5.75 Å². The van der Waals surface area contributed by atoms with Crippen LogP contribution >= 0.6 is 11.6 Å². The topological polar surface area (TPSA) is 75.2 Å². The molecule has 1 heterocycles.